The summed E-state index contributed by atoms with van der Waals surface area (Å²) in [6.07, 6.45) is 0. The minimum absolute atomic E-state index is 0.121. The monoisotopic (exact) mass is 322 g/mol. The van der Waals surface area contributed by atoms with Crippen LogP contribution in [0.4, 0.5) is 4.79 Å². The highest BCUT2D eigenvalue weighted by atomic mass is 16.5. The standard InChI is InChI=1S/C16H22N2O5/c1-20-14-3-2-12-9-18(4-5-23-15(12)8-14)16(19)17-13-10-21-6-7-22-11-13/h2-3,8,13H,4-7,9-11H2,1H3,(H,17,19). The molecule has 0 atom stereocenters. The van der Waals surface area contributed by atoms with E-state index in [0.717, 1.165) is 17.1 Å². The Kier molecular flexibility index (Phi) is 5.19. The molecule has 0 saturated carbocycles. The first-order valence-electron chi connectivity index (χ1n) is 7.77. The number of hydrogen-bond acceptors (Lipinski definition) is 5. The number of nitrogens with one attached hydrogen (secondary N) is 1. The first kappa shape index (κ1) is 15.9. The van der Waals surface area contributed by atoms with Gasteiger partial charge in [-0.15, -0.1) is 0 Å². The predicted octanol–water partition coefficient (Wildman–Crippen LogP) is 1.01. The average Bonchev–Trinajstić information content (AvgIpc) is 2.94. The van der Waals surface area contributed by atoms with Gasteiger partial charge in [-0.3, -0.25) is 0 Å². The number of carbonyl (C=O) groups excluding carboxylic acids is 1. The zero-order valence-electron chi connectivity index (χ0n) is 13.2. The second-order valence-electron chi connectivity index (χ2n) is 5.54. The number of rotatable bonds is 2. The third-order valence-electron chi connectivity index (χ3n) is 3.88. The normalized spacial score (nSPS) is 19.1. The summed E-state index contributed by atoms with van der Waals surface area (Å²) in [5.41, 5.74) is 0.965. The number of ether oxygens (including phenoxy) is 4. The third-order valence-corrected chi connectivity index (χ3v) is 3.88. The van der Waals surface area contributed by atoms with Crippen molar-refractivity contribution in [2.24, 2.45) is 0 Å². The van der Waals surface area contributed by atoms with E-state index in [4.69, 9.17) is 18.9 Å². The van der Waals surface area contributed by atoms with Gasteiger partial charge in [0.15, 0.2) is 0 Å². The van der Waals surface area contributed by atoms with Crippen molar-refractivity contribution in [1.29, 1.82) is 0 Å². The maximum atomic E-state index is 12.5. The molecule has 1 aromatic carbocycles. The maximum Gasteiger partial charge on any atom is 0.318 e. The molecule has 1 saturated heterocycles. The molecule has 2 heterocycles. The van der Waals surface area contributed by atoms with Gasteiger partial charge in [0.05, 0.1) is 52.7 Å². The van der Waals surface area contributed by atoms with E-state index in [-0.39, 0.29) is 12.1 Å². The van der Waals surface area contributed by atoms with Gasteiger partial charge in [-0.25, -0.2) is 4.79 Å². The first-order valence-corrected chi connectivity index (χ1v) is 7.77. The number of urea groups is 1. The van der Waals surface area contributed by atoms with Crippen molar-refractivity contribution < 1.29 is 23.7 Å². The van der Waals surface area contributed by atoms with E-state index in [1.807, 2.05) is 18.2 Å². The van der Waals surface area contributed by atoms with Gasteiger partial charge in [0.25, 0.3) is 0 Å². The van der Waals surface area contributed by atoms with E-state index in [0.29, 0.717) is 46.1 Å². The second-order valence-corrected chi connectivity index (χ2v) is 5.54. The average molecular weight is 322 g/mol. The number of fused-ring (bicyclic) bond motifs is 1. The van der Waals surface area contributed by atoms with Crippen LogP contribution < -0.4 is 14.8 Å². The van der Waals surface area contributed by atoms with Crippen molar-refractivity contribution in [2.75, 3.05) is 46.7 Å². The Hall–Kier alpha value is -1.99. The highest BCUT2D eigenvalue weighted by Crippen LogP contribution is 2.27. The highest BCUT2D eigenvalue weighted by Gasteiger charge is 2.23. The zero-order valence-corrected chi connectivity index (χ0v) is 13.2. The lowest BCUT2D eigenvalue weighted by molar-refractivity contribution is 0.103. The van der Waals surface area contributed by atoms with E-state index in [1.165, 1.54) is 0 Å². The van der Waals surface area contributed by atoms with Crippen LogP contribution in [0.15, 0.2) is 18.2 Å². The highest BCUT2D eigenvalue weighted by molar-refractivity contribution is 5.74. The van der Waals surface area contributed by atoms with Gasteiger partial charge in [-0.05, 0) is 12.1 Å². The van der Waals surface area contributed by atoms with E-state index < -0.39 is 0 Å². The van der Waals surface area contributed by atoms with Crippen LogP contribution in [0, 0.1) is 0 Å². The van der Waals surface area contributed by atoms with Gasteiger partial charge >= 0.3 is 6.03 Å². The van der Waals surface area contributed by atoms with Gasteiger partial charge < -0.3 is 29.2 Å². The summed E-state index contributed by atoms with van der Waals surface area (Å²) in [5.74, 6) is 1.51. The smallest absolute Gasteiger partial charge is 0.318 e. The Bertz CT molecular complexity index is 543. The molecule has 0 unspecified atom stereocenters. The Labute approximate surface area is 135 Å². The molecule has 3 rings (SSSR count). The molecule has 7 heteroatoms. The fraction of sp³-hybridized carbons (Fsp3) is 0.562. The first-order chi connectivity index (χ1) is 11.3. The molecule has 0 bridgehead atoms. The summed E-state index contributed by atoms with van der Waals surface area (Å²) in [7, 11) is 1.62. The molecule has 2 aliphatic rings. The van der Waals surface area contributed by atoms with Crippen molar-refractivity contribution >= 4 is 6.03 Å². The Balaban J connectivity index is 1.64. The predicted molar refractivity (Wildman–Crippen MR) is 82.9 cm³/mol. The Morgan fingerprint density at radius 1 is 1.26 bits per heavy atom. The zero-order chi connectivity index (χ0) is 16.1. The quantitative estimate of drug-likeness (QED) is 0.880. The molecule has 1 aromatic rings. The van der Waals surface area contributed by atoms with Crippen LogP contribution in [0.5, 0.6) is 11.5 Å². The summed E-state index contributed by atoms with van der Waals surface area (Å²) in [4.78, 5) is 14.2. The lowest BCUT2D eigenvalue weighted by Gasteiger charge is -2.24. The van der Waals surface area contributed by atoms with Gasteiger partial charge in [0, 0.05) is 11.6 Å². The fourth-order valence-corrected chi connectivity index (χ4v) is 2.62. The second kappa shape index (κ2) is 7.52. The van der Waals surface area contributed by atoms with Crippen LogP contribution in [-0.2, 0) is 16.0 Å². The molecule has 0 aliphatic carbocycles. The summed E-state index contributed by atoms with van der Waals surface area (Å²) in [6, 6.07) is 5.40. The van der Waals surface area contributed by atoms with Crippen LogP contribution >= 0.6 is 0 Å². The molecule has 1 fully saturated rings. The number of amides is 2. The number of methoxy groups -OCH3 is 1. The van der Waals surface area contributed by atoms with E-state index in [9.17, 15) is 4.79 Å². The molecule has 2 amide bonds. The number of hydrogen-bond donors (Lipinski definition) is 1. The van der Waals surface area contributed by atoms with Crippen molar-refractivity contribution in [3.63, 3.8) is 0 Å². The van der Waals surface area contributed by atoms with Crippen molar-refractivity contribution in [2.45, 2.75) is 12.6 Å². The summed E-state index contributed by atoms with van der Waals surface area (Å²) in [6.45, 7) is 3.56. The van der Waals surface area contributed by atoms with Crippen LogP contribution in [0.2, 0.25) is 0 Å². The van der Waals surface area contributed by atoms with Crippen LogP contribution in [-0.4, -0.2) is 63.7 Å². The lowest BCUT2D eigenvalue weighted by Crippen LogP contribution is -2.48. The SMILES string of the molecule is COc1ccc2c(c1)OCCN(C(=O)NC1COCCOC1)C2. The van der Waals surface area contributed by atoms with Crippen molar-refractivity contribution in [3.05, 3.63) is 23.8 Å². The topological polar surface area (TPSA) is 69.3 Å². The van der Waals surface area contributed by atoms with Crippen molar-refractivity contribution in [3.8, 4) is 11.5 Å². The van der Waals surface area contributed by atoms with Crippen LogP contribution in [0.3, 0.4) is 0 Å². The van der Waals surface area contributed by atoms with Crippen molar-refractivity contribution in [1.82, 2.24) is 10.2 Å². The summed E-state index contributed by atoms with van der Waals surface area (Å²) in [5, 5.41) is 2.97. The molecule has 126 valence electrons. The van der Waals surface area contributed by atoms with Gasteiger partial charge in [0.2, 0.25) is 0 Å². The number of carbonyl (C=O) groups is 1. The molecule has 2 aliphatic heterocycles. The molecular formula is C16H22N2O5. The molecule has 0 aromatic heterocycles. The van der Waals surface area contributed by atoms with E-state index >= 15 is 0 Å². The van der Waals surface area contributed by atoms with Crippen LogP contribution in [0.25, 0.3) is 0 Å². The Morgan fingerprint density at radius 3 is 2.78 bits per heavy atom. The van der Waals surface area contributed by atoms with Gasteiger partial charge in [0.1, 0.15) is 18.1 Å². The third kappa shape index (κ3) is 4.05. The lowest BCUT2D eigenvalue weighted by atomic mass is 10.2. The van der Waals surface area contributed by atoms with Crippen LogP contribution in [0.1, 0.15) is 5.56 Å². The van der Waals surface area contributed by atoms with E-state index in [1.54, 1.807) is 12.0 Å². The number of nitrogens with zero attached hydrogens (tertiary/aromatic N) is 1. The summed E-state index contributed by atoms with van der Waals surface area (Å²) >= 11 is 0. The molecular weight excluding hydrogens is 300 g/mol. The van der Waals surface area contributed by atoms with E-state index in [2.05, 4.69) is 5.32 Å². The maximum absolute atomic E-state index is 12.5. The van der Waals surface area contributed by atoms with Gasteiger partial charge in [-0.2, -0.15) is 0 Å². The summed E-state index contributed by atoms with van der Waals surface area (Å²) < 4.78 is 21.7. The molecule has 1 N–H and O–H groups in total. The minimum Gasteiger partial charge on any atom is -0.497 e. The van der Waals surface area contributed by atoms with Gasteiger partial charge in [-0.1, -0.05) is 0 Å². The Morgan fingerprint density at radius 2 is 2.04 bits per heavy atom. The molecule has 0 radical (unpaired) electrons. The molecule has 23 heavy (non-hydrogen) atoms. The fourth-order valence-electron chi connectivity index (χ4n) is 2.62. The molecule has 0 spiro atoms. The number of benzene rings is 1. The molecule has 7 nitrogen and oxygen atoms in total. The minimum atomic E-state index is -0.128. The largest absolute Gasteiger partial charge is 0.497 e.